The molecule has 0 aliphatic carbocycles. The van der Waals surface area contributed by atoms with Crippen molar-refractivity contribution in [1.29, 1.82) is 0 Å². The average molecular weight is 376 g/mol. The van der Waals surface area contributed by atoms with Crippen molar-refractivity contribution in [1.82, 2.24) is 25.1 Å². The van der Waals surface area contributed by atoms with Crippen LogP contribution in [-0.2, 0) is 0 Å². The maximum atomic E-state index is 13.1. The fourth-order valence-electron chi connectivity index (χ4n) is 3.39. The van der Waals surface area contributed by atoms with E-state index in [1.807, 2.05) is 47.5 Å². The molecule has 7 heteroatoms. The smallest absolute Gasteiger partial charge is 0.257 e. The number of carbonyl (C=O) groups excluding carboxylic acids is 1. The van der Waals surface area contributed by atoms with Crippen molar-refractivity contribution in [3.05, 3.63) is 60.0 Å². The van der Waals surface area contributed by atoms with Gasteiger partial charge in [0.15, 0.2) is 0 Å². The number of benzene rings is 1. The molecule has 1 fully saturated rings. The van der Waals surface area contributed by atoms with Crippen molar-refractivity contribution in [2.45, 2.75) is 19.8 Å². The minimum Gasteiger partial charge on any atom is -0.337 e. The zero-order valence-corrected chi connectivity index (χ0v) is 16.2. The van der Waals surface area contributed by atoms with E-state index >= 15 is 0 Å². The van der Waals surface area contributed by atoms with Gasteiger partial charge < -0.3 is 9.80 Å². The van der Waals surface area contributed by atoms with E-state index in [-0.39, 0.29) is 5.91 Å². The number of aromatic nitrogens is 4. The lowest BCUT2D eigenvalue weighted by molar-refractivity contribution is 0.0747. The number of carbonyl (C=O) groups is 1. The number of nitrogens with zero attached hydrogens (tertiary/aromatic N) is 5. The summed E-state index contributed by atoms with van der Waals surface area (Å²) in [4.78, 5) is 26.2. The maximum Gasteiger partial charge on any atom is 0.257 e. The van der Waals surface area contributed by atoms with Crippen LogP contribution < -0.4 is 4.90 Å². The Kier molecular flexibility index (Phi) is 5.06. The van der Waals surface area contributed by atoms with E-state index in [1.54, 1.807) is 6.20 Å². The molecule has 2 aromatic heterocycles. The lowest BCUT2D eigenvalue weighted by Gasteiger charge is -2.34. The van der Waals surface area contributed by atoms with E-state index < -0.39 is 0 Å². The summed E-state index contributed by atoms with van der Waals surface area (Å²) >= 11 is 0. The molecule has 144 valence electrons. The van der Waals surface area contributed by atoms with E-state index in [4.69, 9.17) is 0 Å². The van der Waals surface area contributed by atoms with Crippen LogP contribution in [0, 0.1) is 0 Å². The summed E-state index contributed by atoms with van der Waals surface area (Å²) < 4.78 is 0. The van der Waals surface area contributed by atoms with E-state index in [0.717, 1.165) is 22.9 Å². The monoisotopic (exact) mass is 376 g/mol. The molecule has 0 bridgehead atoms. The summed E-state index contributed by atoms with van der Waals surface area (Å²) in [5.41, 5.74) is 3.37. The Hall–Kier alpha value is -3.22. The number of hydrogen-bond donors (Lipinski definition) is 1. The van der Waals surface area contributed by atoms with Gasteiger partial charge >= 0.3 is 0 Å². The Morgan fingerprint density at radius 3 is 2.54 bits per heavy atom. The lowest BCUT2D eigenvalue weighted by Crippen LogP contribution is -2.49. The summed E-state index contributed by atoms with van der Waals surface area (Å²) in [5.74, 6) is 1.11. The standard InChI is InChI=1S/C21H24N6O/c1-15(2)18-8-9-22-21(24-18)27-12-10-26(11-13-27)20(28)17-14-23-25-19(17)16-6-4-3-5-7-16/h3-9,14-15H,10-13H2,1-2H3,(H,23,25). The first kappa shape index (κ1) is 18.2. The Bertz CT molecular complexity index is 944. The number of rotatable bonds is 4. The molecule has 0 spiro atoms. The molecule has 0 unspecified atom stereocenters. The Morgan fingerprint density at radius 1 is 1.07 bits per heavy atom. The topological polar surface area (TPSA) is 78.0 Å². The van der Waals surface area contributed by atoms with Gasteiger partial charge in [-0.15, -0.1) is 0 Å². The van der Waals surface area contributed by atoms with E-state index in [0.29, 0.717) is 37.7 Å². The van der Waals surface area contributed by atoms with E-state index in [2.05, 4.69) is 38.9 Å². The number of hydrogen-bond acceptors (Lipinski definition) is 5. The maximum absolute atomic E-state index is 13.1. The minimum absolute atomic E-state index is 0.00380. The van der Waals surface area contributed by atoms with Gasteiger partial charge in [0.2, 0.25) is 5.95 Å². The molecule has 28 heavy (non-hydrogen) atoms. The van der Waals surface area contributed by atoms with Crippen molar-refractivity contribution in [2.24, 2.45) is 0 Å². The van der Waals surface area contributed by atoms with Gasteiger partial charge in [0.05, 0.1) is 17.5 Å². The highest BCUT2D eigenvalue weighted by molar-refractivity contribution is 5.99. The van der Waals surface area contributed by atoms with Crippen LogP contribution >= 0.6 is 0 Å². The summed E-state index contributed by atoms with van der Waals surface area (Å²) in [6, 6.07) is 11.8. The highest BCUT2D eigenvalue weighted by Gasteiger charge is 2.26. The number of aromatic amines is 1. The van der Waals surface area contributed by atoms with Gasteiger partial charge in [0, 0.05) is 43.6 Å². The molecule has 4 rings (SSSR count). The van der Waals surface area contributed by atoms with E-state index in [9.17, 15) is 4.79 Å². The first-order chi connectivity index (χ1) is 13.6. The SMILES string of the molecule is CC(C)c1ccnc(N2CCN(C(=O)c3cn[nH]c3-c3ccccc3)CC2)n1. The molecule has 0 atom stereocenters. The predicted molar refractivity (Wildman–Crippen MR) is 108 cm³/mol. The third kappa shape index (κ3) is 3.60. The van der Waals surface area contributed by atoms with Crippen LogP contribution in [0.15, 0.2) is 48.8 Å². The fraction of sp³-hybridized carbons (Fsp3) is 0.333. The second-order valence-corrected chi connectivity index (χ2v) is 7.24. The third-order valence-electron chi connectivity index (χ3n) is 5.04. The summed E-state index contributed by atoms with van der Waals surface area (Å²) in [7, 11) is 0. The summed E-state index contributed by atoms with van der Waals surface area (Å²) in [5, 5.41) is 7.07. The van der Waals surface area contributed by atoms with Gasteiger partial charge in [0.1, 0.15) is 0 Å². The zero-order chi connectivity index (χ0) is 19.5. The van der Waals surface area contributed by atoms with Gasteiger partial charge in [-0.1, -0.05) is 44.2 Å². The first-order valence-electron chi connectivity index (χ1n) is 9.59. The summed E-state index contributed by atoms with van der Waals surface area (Å²) in [6.45, 7) is 6.94. The van der Waals surface area contributed by atoms with Gasteiger partial charge in [-0.2, -0.15) is 5.10 Å². The number of anilines is 1. The Labute approximate surface area is 164 Å². The molecule has 1 aromatic carbocycles. The van der Waals surface area contributed by atoms with Crippen LogP contribution in [0.1, 0.15) is 35.8 Å². The van der Waals surface area contributed by atoms with E-state index in [1.165, 1.54) is 0 Å². The minimum atomic E-state index is 0.00380. The second-order valence-electron chi connectivity index (χ2n) is 7.24. The molecule has 1 N–H and O–H groups in total. The quantitative estimate of drug-likeness (QED) is 0.757. The molecular weight excluding hydrogens is 352 g/mol. The second kappa shape index (κ2) is 7.80. The van der Waals surface area contributed by atoms with Crippen molar-refractivity contribution in [2.75, 3.05) is 31.1 Å². The molecule has 1 aliphatic heterocycles. The van der Waals surface area contributed by atoms with Crippen molar-refractivity contribution in [3.63, 3.8) is 0 Å². The summed E-state index contributed by atoms with van der Waals surface area (Å²) in [6.07, 6.45) is 3.43. The third-order valence-corrected chi connectivity index (χ3v) is 5.04. The number of piperazine rings is 1. The Balaban J connectivity index is 1.46. The van der Waals surface area contributed by atoms with Crippen LogP contribution in [0.3, 0.4) is 0 Å². The zero-order valence-electron chi connectivity index (χ0n) is 16.2. The molecular formula is C21H24N6O. The van der Waals surface area contributed by atoms with Crippen LogP contribution in [0.2, 0.25) is 0 Å². The number of nitrogens with one attached hydrogen (secondary N) is 1. The fourth-order valence-corrected chi connectivity index (χ4v) is 3.39. The Morgan fingerprint density at radius 2 is 1.82 bits per heavy atom. The predicted octanol–water partition coefficient (Wildman–Crippen LogP) is 2.95. The molecule has 0 saturated carbocycles. The average Bonchev–Trinajstić information content (AvgIpc) is 3.24. The van der Waals surface area contributed by atoms with Gasteiger partial charge in [-0.3, -0.25) is 9.89 Å². The van der Waals surface area contributed by atoms with Gasteiger partial charge in [0.25, 0.3) is 5.91 Å². The molecule has 7 nitrogen and oxygen atoms in total. The number of amides is 1. The normalized spacial score (nSPS) is 14.5. The molecule has 1 saturated heterocycles. The highest BCUT2D eigenvalue weighted by Crippen LogP contribution is 2.23. The molecule has 1 aliphatic rings. The van der Waals surface area contributed by atoms with Crippen molar-refractivity contribution in [3.8, 4) is 11.3 Å². The van der Waals surface area contributed by atoms with Crippen LogP contribution in [0.25, 0.3) is 11.3 Å². The van der Waals surface area contributed by atoms with Gasteiger partial charge in [-0.25, -0.2) is 9.97 Å². The molecule has 3 aromatic rings. The van der Waals surface area contributed by atoms with Crippen LogP contribution in [0.4, 0.5) is 5.95 Å². The number of H-pyrrole nitrogens is 1. The van der Waals surface area contributed by atoms with Gasteiger partial charge in [-0.05, 0) is 12.0 Å². The van der Waals surface area contributed by atoms with Crippen LogP contribution in [-0.4, -0.2) is 57.2 Å². The van der Waals surface area contributed by atoms with Crippen molar-refractivity contribution < 1.29 is 4.79 Å². The first-order valence-corrected chi connectivity index (χ1v) is 9.59. The van der Waals surface area contributed by atoms with Crippen LogP contribution in [0.5, 0.6) is 0 Å². The van der Waals surface area contributed by atoms with Crippen molar-refractivity contribution >= 4 is 11.9 Å². The molecule has 3 heterocycles. The lowest BCUT2D eigenvalue weighted by atomic mass is 10.1. The molecule has 0 radical (unpaired) electrons. The highest BCUT2D eigenvalue weighted by atomic mass is 16.2. The molecule has 1 amide bonds. The largest absolute Gasteiger partial charge is 0.337 e.